The molecule has 5 rings (SSSR count). The van der Waals surface area contributed by atoms with E-state index in [-0.39, 0.29) is 6.54 Å². The normalized spacial score (nSPS) is 12.1. The van der Waals surface area contributed by atoms with Crippen molar-refractivity contribution in [2.24, 2.45) is 16.5 Å². The minimum atomic E-state index is -0.504. The van der Waals surface area contributed by atoms with Crippen molar-refractivity contribution in [1.82, 2.24) is 9.97 Å². The van der Waals surface area contributed by atoms with Gasteiger partial charge in [0.2, 0.25) is 11.9 Å². The Morgan fingerprint density at radius 1 is 1.08 bits per heavy atom. The summed E-state index contributed by atoms with van der Waals surface area (Å²) in [5, 5.41) is 6.83. The molecule has 0 unspecified atom stereocenters. The van der Waals surface area contributed by atoms with Gasteiger partial charge in [-0.2, -0.15) is 0 Å². The predicted molar refractivity (Wildman–Crippen MR) is 144 cm³/mol. The minimum Gasteiger partial charge on any atom is -0.383 e. The van der Waals surface area contributed by atoms with Gasteiger partial charge in [0.15, 0.2) is 0 Å². The summed E-state index contributed by atoms with van der Waals surface area (Å²) in [6.07, 6.45) is 1.70. The summed E-state index contributed by atoms with van der Waals surface area (Å²) in [5.41, 5.74) is 16.3. The first kappa shape index (κ1) is 24.4. The lowest BCUT2D eigenvalue weighted by Gasteiger charge is -2.16. The summed E-state index contributed by atoms with van der Waals surface area (Å²) >= 11 is 6.39. The molecule has 8 nitrogen and oxygen atoms in total. The Hall–Kier alpha value is -4.34. The molecular weight excluding hydrogens is 493 g/mol. The van der Waals surface area contributed by atoms with Gasteiger partial charge in [0, 0.05) is 57.9 Å². The zero-order valence-electron chi connectivity index (χ0n) is 19.6. The molecule has 4 aromatic rings. The highest BCUT2D eigenvalue weighted by molar-refractivity contribution is 6.32. The van der Waals surface area contributed by atoms with Crippen molar-refractivity contribution < 1.29 is 9.18 Å². The Bertz CT molecular complexity index is 1520. The fraction of sp³-hybridized carbons (Fsp3) is 0.111. The molecule has 0 atom stereocenters. The molecule has 6 N–H and O–H groups in total. The monoisotopic (exact) mass is 515 g/mol. The number of primary amides is 1. The second-order valence-corrected chi connectivity index (χ2v) is 8.80. The molecular formula is C27H23ClFN7O. The molecule has 3 aromatic carbocycles. The highest BCUT2D eigenvalue weighted by Crippen LogP contribution is 2.35. The first-order valence-corrected chi connectivity index (χ1v) is 11.9. The van der Waals surface area contributed by atoms with E-state index in [9.17, 15) is 4.79 Å². The molecule has 2 heterocycles. The summed E-state index contributed by atoms with van der Waals surface area (Å²) < 4.78 is 15.3. The second-order valence-electron chi connectivity index (χ2n) is 8.37. The average Bonchev–Trinajstić information content (AvgIpc) is 3.04. The Balaban J connectivity index is 1.58. The second kappa shape index (κ2) is 10.3. The largest absolute Gasteiger partial charge is 0.383 e. The molecule has 0 radical (unpaired) electrons. The van der Waals surface area contributed by atoms with Gasteiger partial charge in [-0.15, -0.1) is 0 Å². The molecule has 10 heteroatoms. The number of fused-ring (bicyclic) bond motifs is 3. The van der Waals surface area contributed by atoms with Crippen molar-refractivity contribution in [2.75, 3.05) is 23.7 Å². The maximum Gasteiger partial charge on any atom is 0.248 e. The average molecular weight is 516 g/mol. The number of aliphatic imine (C=N–C) groups is 1. The minimum absolute atomic E-state index is 0.245. The third-order valence-electron chi connectivity index (χ3n) is 5.90. The van der Waals surface area contributed by atoms with Gasteiger partial charge >= 0.3 is 0 Å². The number of carbonyl (C=O) groups is 1. The maximum absolute atomic E-state index is 15.3. The molecule has 1 aliphatic heterocycles. The Morgan fingerprint density at radius 3 is 2.65 bits per heavy atom. The van der Waals surface area contributed by atoms with Crippen LogP contribution in [0.5, 0.6) is 0 Å². The van der Waals surface area contributed by atoms with E-state index in [1.807, 2.05) is 6.07 Å². The summed E-state index contributed by atoms with van der Waals surface area (Å²) in [5.74, 6) is -0.563. The van der Waals surface area contributed by atoms with Crippen molar-refractivity contribution >= 4 is 40.5 Å². The van der Waals surface area contributed by atoms with Crippen molar-refractivity contribution in [3.8, 4) is 11.3 Å². The van der Waals surface area contributed by atoms with Crippen LogP contribution in [0.2, 0.25) is 5.02 Å². The number of carbonyl (C=O) groups excluding carboxylic acids is 1. The van der Waals surface area contributed by atoms with E-state index < -0.39 is 11.7 Å². The quantitative estimate of drug-likeness (QED) is 0.286. The topological polar surface area (TPSA) is 131 Å². The van der Waals surface area contributed by atoms with Crippen LogP contribution in [0.1, 0.15) is 27.0 Å². The van der Waals surface area contributed by atoms with Gasteiger partial charge in [-0.1, -0.05) is 23.7 Å². The number of halogens is 2. The SMILES string of the molecule is NCCNc1cccc(F)c1C1=NCc2cnc(Nc3ccc(C(N)=O)cc3)nc2-c2ccc(Cl)cc21. The molecule has 0 spiro atoms. The van der Waals surface area contributed by atoms with Gasteiger partial charge < -0.3 is 22.1 Å². The molecule has 37 heavy (non-hydrogen) atoms. The van der Waals surface area contributed by atoms with Gasteiger partial charge in [0.1, 0.15) is 5.82 Å². The van der Waals surface area contributed by atoms with Gasteiger partial charge in [0.25, 0.3) is 0 Å². The van der Waals surface area contributed by atoms with Crippen LogP contribution >= 0.6 is 11.6 Å². The zero-order chi connectivity index (χ0) is 25.9. The van der Waals surface area contributed by atoms with Gasteiger partial charge in [-0.3, -0.25) is 9.79 Å². The van der Waals surface area contributed by atoms with Gasteiger partial charge in [-0.25, -0.2) is 14.4 Å². The van der Waals surface area contributed by atoms with Crippen molar-refractivity contribution in [2.45, 2.75) is 6.54 Å². The Kier molecular flexibility index (Phi) is 6.80. The van der Waals surface area contributed by atoms with E-state index in [0.717, 1.165) is 11.1 Å². The number of hydrogen-bond donors (Lipinski definition) is 4. The van der Waals surface area contributed by atoms with Crippen LogP contribution in [0.15, 0.2) is 71.9 Å². The number of rotatable bonds is 7. The molecule has 0 bridgehead atoms. The maximum atomic E-state index is 15.3. The third kappa shape index (κ3) is 5.00. The van der Waals surface area contributed by atoms with Gasteiger partial charge in [0.05, 0.1) is 23.5 Å². The van der Waals surface area contributed by atoms with Crippen LogP contribution in [0, 0.1) is 5.82 Å². The molecule has 0 fully saturated rings. The van der Waals surface area contributed by atoms with Crippen LogP contribution < -0.4 is 22.1 Å². The number of benzene rings is 3. The lowest BCUT2D eigenvalue weighted by atomic mass is 9.94. The third-order valence-corrected chi connectivity index (χ3v) is 6.13. The lowest BCUT2D eigenvalue weighted by Crippen LogP contribution is -2.17. The number of aromatic nitrogens is 2. The first-order chi connectivity index (χ1) is 17.9. The van der Waals surface area contributed by atoms with Crippen LogP contribution in [0.25, 0.3) is 11.3 Å². The van der Waals surface area contributed by atoms with E-state index in [0.29, 0.717) is 63.5 Å². The molecule has 0 saturated carbocycles. The lowest BCUT2D eigenvalue weighted by molar-refractivity contribution is 0.100. The summed E-state index contributed by atoms with van der Waals surface area (Å²) in [6.45, 7) is 1.12. The highest BCUT2D eigenvalue weighted by atomic mass is 35.5. The summed E-state index contributed by atoms with van der Waals surface area (Å²) in [7, 11) is 0. The fourth-order valence-electron chi connectivity index (χ4n) is 4.16. The zero-order valence-corrected chi connectivity index (χ0v) is 20.4. The van der Waals surface area contributed by atoms with E-state index >= 15 is 4.39 Å². The van der Waals surface area contributed by atoms with Crippen molar-refractivity contribution in [3.05, 3.63) is 100.0 Å². The van der Waals surface area contributed by atoms with Crippen LogP contribution in [0.3, 0.4) is 0 Å². The van der Waals surface area contributed by atoms with E-state index in [2.05, 4.69) is 15.6 Å². The fourth-order valence-corrected chi connectivity index (χ4v) is 4.34. The number of nitrogens with zero attached hydrogens (tertiary/aromatic N) is 3. The number of nitrogens with two attached hydrogens (primary N) is 2. The Labute approximate surface area is 217 Å². The van der Waals surface area contributed by atoms with E-state index in [1.165, 1.54) is 6.07 Å². The molecule has 1 aliphatic rings. The van der Waals surface area contributed by atoms with Crippen LogP contribution in [-0.2, 0) is 6.54 Å². The van der Waals surface area contributed by atoms with E-state index in [1.54, 1.807) is 54.7 Å². The number of amides is 1. The van der Waals surface area contributed by atoms with Crippen LogP contribution in [0.4, 0.5) is 21.7 Å². The Morgan fingerprint density at radius 2 is 1.89 bits per heavy atom. The molecule has 0 saturated heterocycles. The smallest absolute Gasteiger partial charge is 0.248 e. The number of nitrogens with one attached hydrogen (secondary N) is 2. The van der Waals surface area contributed by atoms with Crippen LogP contribution in [-0.4, -0.2) is 34.7 Å². The highest BCUT2D eigenvalue weighted by Gasteiger charge is 2.25. The molecule has 1 aromatic heterocycles. The van der Waals surface area contributed by atoms with Crippen molar-refractivity contribution in [3.63, 3.8) is 0 Å². The molecule has 1 amide bonds. The summed E-state index contributed by atoms with van der Waals surface area (Å²) in [6, 6.07) is 16.9. The number of anilines is 3. The van der Waals surface area contributed by atoms with E-state index in [4.69, 9.17) is 33.0 Å². The van der Waals surface area contributed by atoms with Gasteiger partial charge in [-0.05, 0) is 48.5 Å². The summed E-state index contributed by atoms with van der Waals surface area (Å²) in [4.78, 5) is 25.3. The first-order valence-electron chi connectivity index (χ1n) is 11.5. The van der Waals surface area contributed by atoms with Crippen molar-refractivity contribution in [1.29, 1.82) is 0 Å². The molecule has 0 aliphatic carbocycles. The predicted octanol–water partition coefficient (Wildman–Crippen LogP) is 4.50. The molecule has 186 valence electrons. The standard InChI is InChI=1S/C27H23ClFN7O/c28-17-6-9-19-20(12-17)25(23-21(29)2-1-3-22(23)32-11-10-30)33-13-16-14-34-27(36-24(16)19)35-18-7-4-15(5-8-18)26(31)37/h1-9,12,14,32H,10-11,13,30H2,(H2,31,37)(H,34,35,36). The number of hydrogen-bond acceptors (Lipinski definition) is 7.